The van der Waals surface area contributed by atoms with Gasteiger partial charge in [-0.3, -0.25) is 0 Å². The van der Waals surface area contributed by atoms with E-state index in [4.69, 9.17) is 14.2 Å². The molecule has 0 N–H and O–H groups in total. The molecule has 0 amide bonds. The summed E-state index contributed by atoms with van der Waals surface area (Å²) >= 11 is 0. The molecule has 1 aliphatic rings. The van der Waals surface area contributed by atoms with Gasteiger partial charge in [-0.25, -0.2) is 0 Å². The van der Waals surface area contributed by atoms with E-state index < -0.39 is 0 Å². The molecule has 3 nitrogen and oxygen atoms in total. The van der Waals surface area contributed by atoms with E-state index in [-0.39, 0.29) is 5.79 Å². The second kappa shape index (κ2) is 14.0. The van der Waals surface area contributed by atoms with Crippen LogP contribution in [0.3, 0.4) is 0 Å². The largest absolute Gasteiger partial charge is 0.381 e. The molecule has 0 aromatic heterocycles. The first-order valence-electron chi connectivity index (χ1n) is 11.1. The standard InChI is InChI=1S/C22H44O3/c1-5-9-10-11-12-13-14-21(17-20-18-23-19-20)22(8-4,24-15-6-2)25-16-7-3/h20-21H,5-19H2,1-4H3. The lowest BCUT2D eigenvalue weighted by atomic mass is 9.82. The fourth-order valence-electron chi connectivity index (χ4n) is 3.83. The summed E-state index contributed by atoms with van der Waals surface area (Å²) in [5, 5.41) is 0. The molecule has 1 fully saturated rings. The van der Waals surface area contributed by atoms with Crippen molar-refractivity contribution >= 4 is 0 Å². The maximum Gasteiger partial charge on any atom is 0.170 e. The summed E-state index contributed by atoms with van der Waals surface area (Å²) in [6.45, 7) is 12.3. The lowest BCUT2D eigenvalue weighted by molar-refractivity contribution is -0.276. The molecule has 0 aromatic rings. The first-order chi connectivity index (χ1) is 12.2. The third-order valence-corrected chi connectivity index (χ3v) is 5.45. The van der Waals surface area contributed by atoms with Crippen molar-refractivity contribution in [2.45, 2.75) is 104 Å². The molecule has 0 aromatic carbocycles. The minimum Gasteiger partial charge on any atom is -0.381 e. The summed E-state index contributed by atoms with van der Waals surface area (Å²) in [6, 6.07) is 0. The summed E-state index contributed by atoms with van der Waals surface area (Å²) in [5.74, 6) is 0.813. The summed E-state index contributed by atoms with van der Waals surface area (Å²) < 4.78 is 18.2. The second-order valence-corrected chi connectivity index (χ2v) is 7.75. The van der Waals surface area contributed by atoms with Crippen LogP contribution in [-0.2, 0) is 14.2 Å². The van der Waals surface area contributed by atoms with Crippen molar-refractivity contribution in [3.63, 3.8) is 0 Å². The van der Waals surface area contributed by atoms with Gasteiger partial charge in [0.05, 0.1) is 13.2 Å². The van der Waals surface area contributed by atoms with Crippen LogP contribution in [0.15, 0.2) is 0 Å². The van der Waals surface area contributed by atoms with Gasteiger partial charge < -0.3 is 14.2 Å². The zero-order chi connectivity index (χ0) is 18.4. The van der Waals surface area contributed by atoms with Crippen LogP contribution in [-0.4, -0.2) is 32.2 Å². The fraction of sp³-hybridized carbons (Fsp3) is 1.00. The SMILES string of the molecule is CCCCCCCCC(CC1COC1)C(CC)(OCCC)OCCC. The van der Waals surface area contributed by atoms with Gasteiger partial charge in [0, 0.05) is 25.0 Å². The van der Waals surface area contributed by atoms with Crippen LogP contribution >= 0.6 is 0 Å². The molecule has 0 radical (unpaired) electrons. The van der Waals surface area contributed by atoms with E-state index in [1.165, 1.54) is 51.4 Å². The highest BCUT2D eigenvalue weighted by atomic mass is 16.7. The van der Waals surface area contributed by atoms with Crippen molar-refractivity contribution in [1.29, 1.82) is 0 Å². The van der Waals surface area contributed by atoms with Crippen molar-refractivity contribution in [3.05, 3.63) is 0 Å². The van der Waals surface area contributed by atoms with Crippen LogP contribution < -0.4 is 0 Å². The smallest absolute Gasteiger partial charge is 0.170 e. The lowest BCUT2D eigenvalue weighted by Gasteiger charge is -2.42. The van der Waals surface area contributed by atoms with Crippen molar-refractivity contribution in [2.24, 2.45) is 11.8 Å². The summed E-state index contributed by atoms with van der Waals surface area (Å²) in [6.07, 6.45) is 13.6. The van der Waals surface area contributed by atoms with Crippen molar-refractivity contribution in [3.8, 4) is 0 Å². The summed E-state index contributed by atoms with van der Waals surface area (Å²) in [7, 11) is 0. The Hall–Kier alpha value is -0.120. The molecule has 1 saturated heterocycles. The summed E-state index contributed by atoms with van der Waals surface area (Å²) in [4.78, 5) is 0. The van der Waals surface area contributed by atoms with Crippen LogP contribution in [0.5, 0.6) is 0 Å². The first kappa shape index (κ1) is 22.9. The predicted molar refractivity (Wildman–Crippen MR) is 106 cm³/mol. The van der Waals surface area contributed by atoms with Crippen molar-refractivity contribution < 1.29 is 14.2 Å². The van der Waals surface area contributed by atoms with Gasteiger partial charge in [-0.05, 0) is 32.1 Å². The van der Waals surface area contributed by atoms with Crippen molar-refractivity contribution in [2.75, 3.05) is 26.4 Å². The number of hydrogen-bond acceptors (Lipinski definition) is 3. The molecule has 0 aliphatic carbocycles. The Balaban J connectivity index is 2.64. The number of hydrogen-bond donors (Lipinski definition) is 0. The molecular weight excluding hydrogens is 312 g/mol. The zero-order valence-electron chi connectivity index (χ0n) is 17.5. The van der Waals surface area contributed by atoms with Crippen molar-refractivity contribution in [1.82, 2.24) is 0 Å². The van der Waals surface area contributed by atoms with Crippen LogP contribution in [0.4, 0.5) is 0 Å². The van der Waals surface area contributed by atoms with E-state index in [0.717, 1.165) is 45.7 Å². The Morgan fingerprint density at radius 1 is 0.840 bits per heavy atom. The summed E-state index contributed by atoms with van der Waals surface area (Å²) in [5.41, 5.74) is 0. The molecule has 1 heterocycles. The minimum absolute atomic E-state index is 0.384. The molecule has 3 heteroatoms. The predicted octanol–water partition coefficient (Wildman–Crippen LogP) is 6.35. The van der Waals surface area contributed by atoms with E-state index in [0.29, 0.717) is 11.8 Å². The van der Waals surface area contributed by atoms with Crippen LogP contribution in [0.1, 0.15) is 98.3 Å². The van der Waals surface area contributed by atoms with E-state index in [2.05, 4.69) is 27.7 Å². The normalized spacial score (nSPS) is 16.8. The van der Waals surface area contributed by atoms with Gasteiger partial charge in [-0.15, -0.1) is 0 Å². The molecule has 150 valence electrons. The van der Waals surface area contributed by atoms with Crippen LogP contribution in [0.2, 0.25) is 0 Å². The lowest BCUT2D eigenvalue weighted by Crippen LogP contribution is -2.46. The number of unbranched alkanes of at least 4 members (excludes halogenated alkanes) is 5. The quantitative estimate of drug-likeness (QED) is 0.224. The van der Waals surface area contributed by atoms with Gasteiger partial charge >= 0.3 is 0 Å². The Morgan fingerprint density at radius 2 is 1.44 bits per heavy atom. The average molecular weight is 357 g/mol. The molecular formula is C22H44O3. The zero-order valence-corrected chi connectivity index (χ0v) is 17.5. The van der Waals surface area contributed by atoms with E-state index in [1.54, 1.807) is 0 Å². The highest BCUT2D eigenvalue weighted by molar-refractivity contribution is 4.83. The maximum absolute atomic E-state index is 6.39. The number of ether oxygens (including phenoxy) is 3. The maximum atomic E-state index is 6.39. The Bertz CT molecular complexity index is 294. The molecule has 1 rings (SSSR count). The van der Waals surface area contributed by atoms with Gasteiger partial charge in [-0.1, -0.05) is 66.2 Å². The Labute approximate surface area is 157 Å². The topological polar surface area (TPSA) is 27.7 Å². The molecule has 1 unspecified atom stereocenters. The van der Waals surface area contributed by atoms with Crippen LogP contribution in [0, 0.1) is 11.8 Å². The number of rotatable bonds is 17. The molecule has 1 aliphatic heterocycles. The van der Waals surface area contributed by atoms with Crippen LogP contribution in [0.25, 0.3) is 0 Å². The van der Waals surface area contributed by atoms with E-state index >= 15 is 0 Å². The average Bonchev–Trinajstić information content (AvgIpc) is 2.60. The fourth-order valence-corrected chi connectivity index (χ4v) is 3.83. The van der Waals surface area contributed by atoms with Gasteiger partial charge in [-0.2, -0.15) is 0 Å². The minimum atomic E-state index is -0.384. The highest BCUT2D eigenvalue weighted by Crippen LogP contribution is 2.38. The molecule has 0 bridgehead atoms. The monoisotopic (exact) mass is 356 g/mol. The molecule has 0 saturated carbocycles. The highest BCUT2D eigenvalue weighted by Gasteiger charge is 2.41. The van der Waals surface area contributed by atoms with Gasteiger partial charge in [0.2, 0.25) is 0 Å². The van der Waals surface area contributed by atoms with E-state index in [9.17, 15) is 0 Å². The Kier molecular flexibility index (Phi) is 12.8. The van der Waals surface area contributed by atoms with Gasteiger partial charge in [0.15, 0.2) is 5.79 Å². The van der Waals surface area contributed by atoms with Gasteiger partial charge in [0.25, 0.3) is 0 Å². The molecule has 0 spiro atoms. The first-order valence-corrected chi connectivity index (χ1v) is 11.1. The van der Waals surface area contributed by atoms with E-state index in [1.807, 2.05) is 0 Å². The molecule has 1 atom stereocenters. The molecule has 25 heavy (non-hydrogen) atoms. The second-order valence-electron chi connectivity index (χ2n) is 7.75. The van der Waals surface area contributed by atoms with Gasteiger partial charge in [0.1, 0.15) is 0 Å². The third kappa shape index (κ3) is 8.41. The Morgan fingerprint density at radius 3 is 1.92 bits per heavy atom. The third-order valence-electron chi connectivity index (χ3n) is 5.45.